The van der Waals surface area contributed by atoms with Gasteiger partial charge in [-0.2, -0.15) is 0 Å². The first-order valence-electron chi connectivity index (χ1n) is 8.31. The third-order valence-electron chi connectivity index (χ3n) is 5.08. The predicted molar refractivity (Wildman–Crippen MR) is 103 cm³/mol. The van der Waals surface area contributed by atoms with Gasteiger partial charge in [-0.15, -0.1) is 0 Å². The van der Waals surface area contributed by atoms with Gasteiger partial charge in [0.05, 0.1) is 0 Å². The van der Waals surface area contributed by atoms with Crippen molar-refractivity contribution < 1.29 is 9.13 Å². The minimum absolute atomic E-state index is 0.0241. The van der Waals surface area contributed by atoms with Gasteiger partial charge in [0, 0.05) is 39.9 Å². The zero-order valence-electron chi connectivity index (χ0n) is 13.7. The Bertz CT molecular complexity index is 867. The average molecular weight is 423 g/mol. The van der Waals surface area contributed by atoms with Crippen LogP contribution in [0.15, 0.2) is 46.4 Å². The predicted octanol–water partition coefficient (Wildman–Crippen LogP) is 5.79. The molecule has 2 aromatic carbocycles. The van der Waals surface area contributed by atoms with Crippen LogP contribution in [0.3, 0.4) is 0 Å². The van der Waals surface area contributed by atoms with Crippen molar-refractivity contribution in [3.05, 3.63) is 68.2 Å². The first-order valence-corrected chi connectivity index (χ1v) is 9.48. The van der Waals surface area contributed by atoms with Gasteiger partial charge < -0.3 is 10.5 Å². The molecule has 5 heteroatoms. The number of benzene rings is 2. The summed E-state index contributed by atoms with van der Waals surface area (Å²) in [5.41, 5.74) is 11.0. The molecular formula is C20H18BrClFNO. The van der Waals surface area contributed by atoms with E-state index in [1.54, 1.807) is 0 Å². The second kappa shape index (κ2) is 6.42. The SMILES string of the molecule is CC(F)Oc1cccc(Br)c1C1CC(N)C2=Cc3ccc(Cl)cc3C21. The molecule has 2 aliphatic rings. The summed E-state index contributed by atoms with van der Waals surface area (Å²) >= 11 is 9.87. The minimum atomic E-state index is -1.37. The lowest BCUT2D eigenvalue weighted by Crippen LogP contribution is -2.17. The molecular weight excluding hydrogens is 405 g/mol. The lowest BCUT2D eigenvalue weighted by molar-refractivity contribution is 0.0843. The van der Waals surface area contributed by atoms with Crippen molar-refractivity contribution in [2.24, 2.45) is 5.73 Å². The standard InChI is InChI=1S/C20H18BrClFNO/c1-10(23)25-18-4-2-3-16(21)20(18)15-9-17(24)14-7-11-5-6-12(22)8-13(11)19(14)15/h2-8,10,15,17,19H,9,24H2,1H3. The molecule has 25 heavy (non-hydrogen) atoms. The summed E-state index contributed by atoms with van der Waals surface area (Å²) < 4.78 is 19.9. The molecule has 1 saturated carbocycles. The van der Waals surface area contributed by atoms with Crippen LogP contribution in [0.5, 0.6) is 5.75 Å². The maximum absolute atomic E-state index is 13.5. The monoisotopic (exact) mass is 421 g/mol. The van der Waals surface area contributed by atoms with Gasteiger partial charge in [0.15, 0.2) is 0 Å². The highest BCUT2D eigenvalue weighted by atomic mass is 79.9. The molecule has 1 fully saturated rings. The fourth-order valence-electron chi connectivity index (χ4n) is 4.17. The van der Waals surface area contributed by atoms with Gasteiger partial charge in [-0.25, -0.2) is 4.39 Å². The van der Waals surface area contributed by atoms with E-state index in [0.29, 0.717) is 10.8 Å². The van der Waals surface area contributed by atoms with Crippen LogP contribution < -0.4 is 10.5 Å². The van der Waals surface area contributed by atoms with Gasteiger partial charge in [0.2, 0.25) is 6.36 Å². The quantitative estimate of drug-likeness (QED) is 0.679. The summed E-state index contributed by atoms with van der Waals surface area (Å²) in [6.45, 7) is 1.39. The molecule has 2 aliphatic carbocycles. The highest BCUT2D eigenvalue weighted by Crippen LogP contribution is 2.56. The van der Waals surface area contributed by atoms with Crippen LogP contribution in [0.1, 0.15) is 41.9 Å². The van der Waals surface area contributed by atoms with Crippen LogP contribution in [0, 0.1) is 0 Å². The van der Waals surface area contributed by atoms with E-state index < -0.39 is 6.36 Å². The van der Waals surface area contributed by atoms with Crippen molar-refractivity contribution in [1.29, 1.82) is 0 Å². The lowest BCUT2D eigenvalue weighted by Gasteiger charge is -2.24. The Morgan fingerprint density at radius 3 is 2.88 bits per heavy atom. The van der Waals surface area contributed by atoms with Gasteiger partial charge in [-0.1, -0.05) is 45.7 Å². The molecule has 2 N–H and O–H groups in total. The van der Waals surface area contributed by atoms with Crippen molar-refractivity contribution in [2.75, 3.05) is 0 Å². The molecule has 0 saturated heterocycles. The maximum Gasteiger partial charge on any atom is 0.235 e. The number of ether oxygens (including phenoxy) is 1. The van der Waals surface area contributed by atoms with Crippen molar-refractivity contribution in [1.82, 2.24) is 0 Å². The summed E-state index contributed by atoms with van der Waals surface area (Å²) in [5.74, 6) is 0.836. The van der Waals surface area contributed by atoms with Crippen molar-refractivity contribution in [3.8, 4) is 5.75 Å². The van der Waals surface area contributed by atoms with Crippen LogP contribution in [0.25, 0.3) is 6.08 Å². The minimum Gasteiger partial charge on any atom is -0.460 e. The Labute approximate surface area is 159 Å². The van der Waals surface area contributed by atoms with E-state index in [2.05, 4.69) is 22.0 Å². The third kappa shape index (κ3) is 2.90. The van der Waals surface area contributed by atoms with Gasteiger partial charge in [0.25, 0.3) is 0 Å². The van der Waals surface area contributed by atoms with E-state index >= 15 is 0 Å². The molecule has 0 bridgehead atoms. The van der Waals surface area contributed by atoms with Crippen molar-refractivity contribution >= 4 is 33.6 Å². The molecule has 0 amide bonds. The van der Waals surface area contributed by atoms with Gasteiger partial charge in [0.1, 0.15) is 5.75 Å². The molecule has 130 valence electrons. The Kier molecular flexibility index (Phi) is 4.38. The zero-order valence-corrected chi connectivity index (χ0v) is 16.0. The van der Waals surface area contributed by atoms with E-state index in [1.165, 1.54) is 18.1 Å². The number of rotatable bonds is 3. The second-order valence-corrected chi connectivity index (χ2v) is 7.95. The number of nitrogens with two attached hydrogens (primary N) is 1. The van der Waals surface area contributed by atoms with Gasteiger partial charge in [-0.05, 0) is 47.4 Å². The summed E-state index contributed by atoms with van der Waals surface area (Å²) in [6, 6.07) is 11.6. The Morgan fingerprint density at radius 1 is 1.32 bits per heavy atom. The van der Waals surface area contributed by atoms with Crippen LogP contribution in [-0.2, 0) is 0 Å². The number of hydrogen-bond acceptors (Lipinski definition) is 2. The summed E-state index contributed by atoms with van der Waals surface area (Å²) in [6.07, 6.45) is 1.60. The molecule has 2 aromatic rings. The normalized spacial score (nSPS) is 25.3. The Balaban J connectivity index is 1.84. The van der Waals surface area contributed by atoms with E-state index in [9.17, 15) is 4.39 Å². The molecule has 0 radical (unpaired) electrons. The number of fused-ring (bicyclic) bond motifs is 3. The maximum atomic E-state index is 13.5. The molecule has 2 nitrogen and oxygen atoms in total. The van der Waals surface area contributed by atoms with Crippen LogP contribution in [0.4, 0.5) is 4.39 Å². The molecule has 0 aliphatic heterocycles. The smallest absolute Gasteiger partial charge is 0.235 e. The van der Waals surface area contributed by atoms with Crippen LogP contribution in [-0.4, -0.2) is 12.4 Å². The average Bonchev–Trinajstić information content (AvgIpc) is 3.05. The molecule has 4 atom stereocenters. The van der Waals surface area contributed by atoms with Crippen LogP contribution in [0.2, 0.25) is 5.02 Å². The van der Waals surface area contributed by atoms with Crippen LogP contribution >= 0.6 is 27.5 Å². The zero-order chi connectivity index (χ0) is 17.7. The van der Waals surface area contributed by atoms with Crippen molar-refractivity contribution in [3.63, 3.8) is 0 Å². The Morgan fingerprint density at radius 2 is 2.12 bits per heavy atom. The highest BCUT2D eigenvalue weighted by Gasteiger charge is 2.44. The van der Waals surface area contributed by atoms with E-state index in [-0.39, 0.29) is 17.9 Å². The largest absolute Gasteiger partial charge is 0.460 e. The molecule has 0 heterocycles. The molecule has 4 rings (SSSR count). The second-order valence-electron chi connectivity index (χ2n) is 6.66. The third-order valence-corrected chi connectivity index (χ3v) is 6.00. The number of alkyl halides is 1. The van der Waals surface area contributed by atoms with Gasteiger partial charge in [-0.3, -0.25) is 0 Å². The number of hydrogen-bond donors (Lipinski definition) is 1. The number of halogens is 3. The summed E-state index contributed by atoms with van der Waals surface area (Å²) in [7, 11) is 0. The van der Waals surface area contributed by atoms with Gasteiger partial charge >= 0.3 is 0 Å². The first-order chi connectivity index (χ1) is 12.0. The molecule has 0 spiro atoms. The molecule has 4 unspecified atom stereocenters. The fraction of sp³-hybridized carbons (Fsp3) is 0.300. The Hall–Kier alpha value is -1.36. The van der Waals surface area contributed by atoms with E-state index in [1.807, 2.05) is 36.4 Å². The van der Waals surface area contributed by atoms with E-state index in [0.717, 1.165) is 22.0 Å². The lowest BCUT2D eigenvalue weighted by atomic mass is 9.83. The highest BCUT2D eigenvalue weighted by molar-refractivity contribution is 9.10. The topological polar surface area (TPSA) is 35.2 Å². The first kappa shape index (κ1) is 17.1. The summed E-state index contributed by atoms with van der Waals surface area (Å²) in [5, 5.41) is 0.716. The fourth-order valence-corrected chi connectivity index (χ4v) is 4.99. The summed E-state index contributed by atoms with van der Waals surface area (Å²) in [4.78, 5) is 0. The van der Waals surface area contributed by atoms with E-state index in [4.69, 9.17) is 22.1 Å². The molecule has 0 aromatic heterocycles. The van der Waals surface area contributed by atoms with Crippen molar-refractivity contribution in [2.45, 2.75) is 37.6 Å².